The summed E-state index contributed by atoms with van der Waals surface area (Å²) in [5, 5.41) is 0. The van der Waals surface area contributed by atoms with Crippen LogP contribution in [0.1, 0.15) is 25.6 Å². The first kappa shape index (κ1) is 12.4. The minimum atomic E-state index is -0.958. The number of benzene rings is 1. The van der Waals surface area contributed by atoms with Gasteiger partial charge in [0.15, 0.2) is 11.6 Å². The molecular weight excluding hydrogens is 238 g/mol. The Morgan fingerprint density at radius 1 is 1.17 bits per heavy atom. The Morgan fingerprint density at radius 3 is 2.50 bits per heavy atom. The van der Waals surface area contributed by atoms with Gasteiger partial charge < -0.3 is 4.98 Å². The second-order valence-electron chi connectivity index (χ2n) is 4.30. The molecule has 3 nitrogen and oxygen atoms in total. The van der Waals surface area contributed by atoms with Crippen LogP contribution >= 0.6 is 0 Å². The molecule has 1 aromatic heterocycles. The van der Waals surface area contributed by atoms with Gasteiger partial charge in [-0.25, -0.2) is 13.8 Å². The van der Waals surface area contributed by atoms with Gasteiger partial charge in [-0.3, -0.25) is 4.79 Å². The van der Waals surface area contributed by atoms with Crippen LogP contribution in [0.3, 0.4) is 0 Å². The van der Waals surface area contributed by atoms with Crippen LogP contribution in [0.2, 0.25) is 0 Å². The van der Waals surface area contributed by atoms with Gasteiger partial charge in [0, 0.05) is 17.5 Å². The molecule has 94 valence electrons. The normalized spacial score (nSPS) is 10.9. The Kier molecular flexibility index (Phi) is 3.23. The molecule has 0 aliphatic carbocycles. The first-order valence-electron chi connectivity index (χ1n) is 5.54. The van der Waals surface area contributed by atoms with Gasteiger partial charge in [0.05, 0.1) is 5.69 Å². The highest BCUT2D eigenvalue weighted by molar-refractivity contribution is 5.58. The maximum absolute atomic E-state index is 13.1. The van der Waals surface area contributed by atoms with Crippen molar-refractivity contribution in [2.45, 2.75) is 19.8 Å². The monoisotopic (exact) mass is 250 g/mol. The molecule has 2 rings (SSSR count). The Balaban J connectivity index is 2.56. The van der Waals surface area contributed by atoms with Crippen molar-refractivity contribution in [3.63, 3.8) is 0 Å². The smallest absolute Gasteiger partial charge is 0.251 e. The molecule has 0 fully saturated rings. The third-order valence-corrected chi connectivity index (χ3v) is 2.52. The van der Waals surface area contributed by atoms with Gasteiger partial charge in [0.2, 0.25) is 0 Å². The number of halogens is 2. The molecule has 0 spiro atoms. The summed E-state index contributed by atoms with van der Waals surface area (Å²) in [6.07, 6.45) is 0. The molecule has 0 saturated heterocycles. The van der Waals surface area contributed by atoms with E-state index in [9.17, 15) is 13.6 Å². The minimum Gasteiger partial charge on any atom is -0.310 e. The number of aromatic nitrogens is 2. The third kappa shape index (κ3) is 2.45. The Morgan fingerprint density at radius 2 is 1.89 bits per heavy atom. The molecule has 1 heterocycles. The molecule has 0 unspecified atom stereocenters. The van der Waals surface area contributed by atoms with Crippen LogP contribution < -0.4 is 5.56 Å². The predicted octanol–water partition coefficient (Wildman–Crippen LogP) is 2.84. The Hall–Kier alpha value is -2.04. The fraction of sp³-hybridized carbons (Fsp3) is 0.231. The van der Waals surface area contributed by atoms with Crippen LogP contribution in [0.25, 0.3) is 11.3 Å². The van der Waals surface area contributed by atoms with Crippen molar-refractivity contribution in [1.82, 2.24) is 9.97 Å². The molecule has 0 aliphatic heterocycles. The van der Waals surface area contributed by atoms with Gasteiger partial charge >= 0.3 is 0 Å². The van der Waals surface area contributed by atoms with E-state index in [0.717, 1.165) is 12.1 Å². The summed E-state index contributed by atoms with van der Waals surface area (Å²) >= 11 is 0. The van der Waals surface area contributed by atoms with Gasteiger partial charge in [-0.15, -0.1) is 0 Å². The van der Waals surface area contributed by atoms with Crippen LogP contribution in [-0.4, -0.2) is 9.97 Å². The molecule has 1 aromatic carbocycles. The van der Waals surface area contributed by atoms with Crippen molar-refractivity contribution in [3.8, 4) is 11.3 Å². The maximum atomic E-state index is 13.1. The van der Waals surface area contributed by atoms with Gasteiger partial charge in [-0.05, 0) is 18.2 Å². The lowest BCUT2D eigenvalue weighted by atomic mass is 10.1. The lowest BCUT2D eigenvalue weighted by Crippen LogP contribution is -2.12. The summed E-state index contributed by atoms with van der Waals surface area (Å²) in [6.45, 7) is 3.76. The van der Waals surface area contributed by atoms with E-state index >= 15 is 0 Å². The zero-order chi connectivity index (χ0) is 13.3. The highest BCUT2D eigenvalue weighted by atomic mass is 19.2. The van der Waals surface area contributed by atoms with E-state index in [-0.39, 0.29) is 11.5 Å². The second-order valence-corrected chi connectivity index (χ2v) is 4.30. The molecule has 5 heteroatoms. The number of H-pyrrole nitrogens is 1. The van der Waals surface area contributed by atoms with Gasteiger partial charge in [-0.2, -0.15) is 0 Å². The van der Waals surface area contributed by atoms with E-state index in [1.54, 1.807) is 0 Å². The van der Waals surface area contributed by atoms with Crippen LogP contribution in [0.15, 0.2) is 29.1 Å². The number of nitrogens with zero attached hydrogens (tertiary/aromatic N) is 1. The van der Waals surface area contributed by atoms with Gasteiger partial charge in [0.25, 0.3) is 5.56 Å². The number of aromatic amines is 1. The molecular formula is C13H12F2N2O. The van der Waals surface area contributed by atoms with Crippen molar-refractivity contribution >= 4 is 0 Å². The summed E-state index contributed by atoms with van der Waals surface area (Å²) in [5.74, 6) is -1.32. The zero-order valence-electron chi connectivity index (χ0n) is 10.00. The highest BCUT2D eigenvalue weighted by Crippen LogP contribution is 2.19. The van der Waals surface area contributed by atoms with E-state index < -0.39 is 11.6 Å². The number of hydrogen-bond acceptors (Lipinski definition) is 2. The summed E-state index contributed by atoms with van der Waals surface area (Å²) in [4.78, 5) is 18.3. The number of hydrogen-bond donors (Lipinski definition) is 1. The molecule has 0 saturated carbocycles. The molecule has 2 aromatic rings. The van der Waals surface area contributed by atoms with E-state index in [4.69, 9.17) is 0 Å². The second kappa shape index (κ2) is 4.68. The fourth-order valence-electron chi connectivity index (χ4n) is 1.55. The van der Waals surface area contributed by atoms with Crippen molar-refractivity contribution < 1.29 is 8.78 Å². The SMILES string of the molecule is CC(C)c1nc(-c2ccc(F)c(F)c2)cc(=O)[nH]1. The van der Waals surface area contributed by atoms with Crippen LogP contribution in [0.5, 0.6) is 0 Å². The van der Waals surface area contributed by atoms with E-state index in [1.165, 1.54) is 12.1 Å². The van der Waals surface area contributed by atoms with Crippen LogP contribution in [0.4, 0.5) is 8.78 Å². The zero-order valence-corrected chi connectivity index (χ0v) is 10.00. The van der Waals surface area contributed by atoms with Crippen molar-refractivity contribution in [2.75, 3.05) is 0 Å². The van der Waals surface area contributed by atoms with Crippen molar-refractivity contribution in [1.29, 1.82) is 0 Å². The lowest BCUT2D eigenvalue weighted by molar-refractivity contribution is 0.509. The van der Waals surface area contributed by atoms with Crippen molar-refractivity contribution in [2.24, 2.45) is 0 Å². The van der Waals surface area contributed by atoms with Crippen LogP contribution in [-0.2, 0) is 0 Å². The fourth-order valence-corrected chi connectivity index (χ4v) is 1.55. The summed E-state index contributed by atoms with van der Waals surface area (Å²) in [7, 11) is 0. The summed E-state index contributed by atoms with van der Waals surface area (Å²) < 4.78 is 26.0. The summed E-state index contributed by atoms with van der Waals surface area (Å²) in [6, 6.07) is 4.70. The minimum absolute atomic E-state index is 0.0444. The maximum Gasteiger partial charge on any atom is 0.251 e. The molecule has 0 bridgehead atoms. The molecule has 0 radical (unpaired) electrons. The van der Waals surface area contributed by atoms with Gasteiger partial charge in [0.1, 0.15) is 5.82 Å². The summed E-state index contributed by atoms with van der Waals surface area (Å²) in [5.41, 5.74) is 0.400. The van der Waals surface area contributed by atoms with Gasteiger partial charge in [-0.1, -0.05) is 13.8 Å². The van der Waals surface area contributed by atoms with Crippen LogP contribution in [0, 0.1) is 11.6 Å². The molecule has 0 atom stereocenters. The molecule has 18 heavy (non-hydrogen) atoms. The topological polar surface area (TPSA) is 45.8 Å². The molecule has 0 amide bonds. The quantitative estimate of drug-likeness (QED) is 0.890. The number of nitrogens with one attached hydrogen (secondary N) is 1. The van der Waals surface area contributed by atoms with E-state index in [1.807, 2.05) is 13.8 Å². The highest BCUT2D eigenvalue weighted by Gasteiger charge is 2.09. The lowest BCUT2D eigenvalue weighted by Gasteiger charge is -2.07. The average Bonchev–Trinajstić information content (AvgIpc) is 2.31. The van der Waals surface area contributed by atoms with Crippen molar-refractivity contribution in [3.05, 3.63) is 52.1 Å². The van der Waals surface area contributed by atoms with E-state index in [2.05, 4.69) is 9.97 Å². The first-order chi connectivity index (χ1) is 8.47. The third-order valence-electron chi connectivity index (χ3n) is 2.52. The largest absolute Gasteiger partial charge is 0.310 e. The Bertz CT molecular complexity index is 635. The standard InChI is InChI=1S/C13H12F2N2O/c1-7(2)13-16-11(6-12(18)17-13)8-3-4-9(14)10(15)5-8/h3-7H,1-2H3,(H,16,17,18). The first-order valence-corrected chi connectivity index (χ1v) is 5.54. The van der Waals surface area contributed by atoms with E-state index in [0.29, 0.717) is 17.1 Å². The number of rotatable bonds is 2. The average molecular weight is 250 g/mol. The molecule has 1 N–H and O–H groups in total. The predicted molar refractivity (Wildman–Crippen MR) is 64.3 cm³/mol. The Labute approximate surface area is 103 Å². The molecule has 0 aliphatic rings.